The highest BCUT2D eigenvalue weighted by Gasteiger charge is 2.11. The molecule has 0 fully saturated rings. The normalized spacial score (nSPS) is 11.1. The van der Waals surface area contributed by atoms with Gasteiger partial charge in [0.1, 0.15) is 25.1 Å². The van der Waals surface area contributed by atoms with Crippen molar-refractivity contribution in [3.63, 3.8) is 0 Å². The maximum Gasteiger partial charge on any atom is 0.157 e. The van der Waals surface area contributed by atoms with Crippen molar-refractivity contribution in [2.24, 2.45) is 5.10 Å². The molecule has 0 atom stereocenters. The van der Waals surface area contributed by atoms with Gasteiger partial charge in [0.05, 0.1) is 16.3 Å². The number of ether oxygens (including phenoxy) is 1. The summed E-state index contributed by atoms with van der Waals surface area (Å²) in [6.45, 7) is 0.0280. The highest BCUT2D eigenvalue weighted by molar-refractivity contribution is 6.37. The van der Waals surface area contributed by atoms with E-state index in [1.165, 1.54) is 23.4 Å². The third kappa shape index (κ3) is 3.90. The van der Waals surface area contributed by atoms with E-state index in [0.717, 1.165) is 0 Å². The fourth-order valence-corrected chi connectivity index (χ4v) is 2.56. The summed E-state index contributed by atoms with van der Waals surface area (Å²) in [5, 5.41) is 12.0. The van der Waals surface area contributed by atoms with E-state index < -0.39 is 0 Å². The van der Waals surface area contributed by atoms with E-state index in [4.69, 9.17) is 27.9 Å². The zero-order valence-corrected chi connectivity index (χ0v) is 13.7. The summed E-state index contributed by atoms with van der Waals surface area (Å²) in [5.41, 5.74) is 1.10. The van der Waals surface area contributed by atoms with Crippen molar-refractivity contribution >= 4 is 29.4 Å². The Hall–Kier alpha value is -2.44. The molecule has 3 aromatic rings. The molecule has 0 radical (unpaired) electrons. The van der Waals surface area contributed by atoms with Crippen LogP contribution < -0.4 is 4.74 Å². The van der Waals surface area contributed by atoms with Crippen LogP contribution in [-0.4, -0.2) is 21.1 Å². The third-order valence-electron chi connectivity index (χ3n) is 3.10. The average molecular weight is 365 g/mol. The maximum atomic E-state index is 13.6. The number of benzene rings is 2. The summed E-state index contributed by atoms with van der Waals surface area (Å²) in [6, 6.07) is 9.65. The van der Waals surface area contributed by atoms with Gasteiger partial charge in [0.2, 0.25) is 0 Å². The fourth-order valence-electron chi connectivity index (χ4n) is 1.95. The summed E-state index contributed by atoms with van der Waals surface area (Å²) in [6.07, 6.45) is 4.46. The summed E-state index contributed by atoms with van der Waals surface area (Å²) in [7, 11) is 0. The lowest BCUT2D eigenvalue weighted by Gasteiger charge is -2.11. The molecule has 0 unspecified atom stereocenters. The van der Waals surface area contributed by atoms with Gasteiger partial charge in [0.15, 0.2) is 5.75 Å². The first-order valence-electron chi connectivity index (χ1n) is 6.88. The molecule has 122 valence electrons. The molecule has 5 nitrogen and oxygen atoms in total. The number of hydrogen-bond acceptors (Lipinski definition) is 4. The van der Waals surface area contributed by atoms with E-state index in [0.29, 0.717) is 26.9 Å². The van der Waals surface area contributed by atoms with Crippen LogP contribution >= 0.6 is 23.2 Å². The van der Waals surface area contributed by atoms with E-state index in [1.807, 2.05) is 0 Å². The van der Waals surface area contributed by atoms with Crippen LogP contribution in [0.1, 0.15) is 11.1 Å². The highest BCUT2D eigenvalue weighted by atomic mass is 35.5. The molecular weight excluding hydrogens is 354 g/mol. The number of halogens is 3. The van der Waals surface area contributed by atoms with Crippen molar-refractivity contribution in [3.8, 4) is 5.75 Å². The van der Waals surface area contributed by atoms with Gasteiger partial charge in [-0.1, -0.05) is 41.4 Å². The number of hydrogen-bond donors (Lipinski definition) is 0. The van der Waals surface area contributed by atoms with Crippen molar-refractivity contribution < 1.29 is 9.13 Å². The van der Waals surface area contributed by atoms with Crippen molar-refractivity contribution in [2.75, 3.05) is 0 Å². The monoisotopic (exact) mass is 364 g/mol. The Morgan fingerprint density at radius 1 is 1.12 bits per heavy atom. The minimum absolute atomic E-state index is 0.0280. The lowest BCUT2D eigenvalue weighted by Crippen LogP contribution is -2.00. The second kappa shape index (κ2) is 7.42. The lowest BCUT2D eigenvalue weighted by molar-refractivity contribution is 0.300. The first-order chi connectivity index (χ1) is 11.6. The topological polar surface area (TPSA) is 52.3 Å². The minimum atomic E-state index is -0.345. The summed E-state index contributed by atoms with van der Waals surface area (Å²) in [5.74, 6) is -0.0505. The predicted octanol–water partition coefficient (Wildman–Crippen LogP) is 4.19. The zero-order valence-electron chi connectivity index (χ0n) is 12.2. The first-order valence-corrected chi connectivity index (χ1v) is 7.63. The number of nitrogens with zero attached hydrogens (tertiary/aromatic N) is 4. The lowest BCUT2D eigenvalue weighted by atomic mass is 10.2. The van der Waals surface area contributed by atoms with E-state index in [-0.39, 0.29) is 12.4 Å². The van der Waals surface area contributed by atoms with Gasteiger partial charge in [-0.3, -0.25) is 0 Å². The largest absolute Gasteiger partial charge is 0.486 e. The Morgan fingerprint density at radius 2 is 1.79 bits per heavy atom. The van der Waals surface area contributed by atoms with Crippen LogP contribution in [0.5, 0.6) is 5.75 Å². The quantitative estimate of drug-likeness (QED) is 0.638. The van der Waals surface area contributed by atoms with Crippen LogP contribution in [0.25, 0.3) is 0 Å². The van der Waals surface area contributed by atoms with Crippen LogP contribution in [0.15, 0.2) is 54.2 Å². The minimum Gasteiger partial charge on any atom is -0.486 e. The molecule has 0 bridgehead atoms. The third-order valence-corrected chi connectivity index (χ3v) is 3.66. The first kappa shape index (κ1) is 16.4. The molecule has 0 amide bonds. The van der Waals surface area contributed by atoms with Crippen LogP contribution in [0.3, 0.4) is 0 Å². The Bertz CT molecular complexity index is 845. The van der Waals surface area contributed by atoms with Crippen molar-refractivity contribution in [3.05, 3.63) is 76.0 Å². The van der Waals surface area contributed by atoms with E-state index in [2.05, 4.69) is 15.3 Å². The number of rotatable bonds is 5. The maximum absolute atomic E-state index is 13.6. The molecule has 0 N–H and O–H groups in total. The van der Waals surface area contributed by atoms with Gasteiger partial charge in [-0.2, -0.15) is 5.10 Å². The van der Waals surface area contributed by atoms with Crippen LogP contribution in [0, 0.1) is 5.82 Å². The van der Waals surface area contributed by atoms with Gasteiger partial charge in [-0.05, 0) is 23.8 Å². The summed E-state index contributed by atoms with van der Waals surface area (Å²) < 4.78 is 20.6. The van der Waals surface area contributed by atoms with E-state index in [9.17, 15) is 4.39 Å². The molecule has 2 aromatic carbocycles. The summed E-state index contributed by atoms with van der Waals surface area (Å²) in [4.78, 5) is 0. The average Bonchev–Trinajstić information content (AvgIpc) is 3.07. The Labute approximate surface area is 147 Å². The second-order valence-corrected chi connectivity index (χ2v) is 5.59. The van der Waals surface area contributed by atoms with Crippen molar-refractivity contribution in [2.45, 2.75) is 6.61 Å². The molecule has 1 aromatic heterocycles. The molecule has 3 rings (SSSR count). The van der Waals surface area contributed by atoms with Gasteiger partial charge >= 0.3 is 0 Å². The van der Waals surface area contributed by atoms with Crippen molar-refractivity contribution in [1.29, 1.82) is 0 Å². The Balaban J connectivity index is 1.76. The highest BCUT2D eigenvalue weighted by Crippen LogP contribution is 2.34. The standard InChI is InChI=1S/C16H11Cl2FN4O/c17-13-5-11(7-22-23-9-20-21-10-23)6-14(18)16(13)24-8-12-3-1-2-4-15(12)19/h1-7,9-10H,8H2. The number of aromatic nitrogens is 3. The Morgan fingerprint density at radius 3 is 2.46 bits per heavy atom. The summed E-state index contributed by atoms with van der Waals surface area (Å²) >= 11 is 12.4. The van der Waals surface area contributed by atoms with Gasteiger partial charge in [0.25, 0.3) is 0 Å². The van der Waals surface area contributed by atoms with E-state index >= 15 is 0 Å². The molecule has 1 heterocycles. The van der Waals surface area contributed by atoms with Crippen LogP contribution in [0.4, 0.5) is 4.39 Å². The Kier molecular flexibility index (Phi) is 5.08. The molecule has 8 heteroatoms. The molecule has 24 heavy (non-hydrogen) atoms. The fraction of sp³-hybridized carbons (Fsp3) is 0.0625. The molecule has 0 saturated heterocycles. The molecule has 0 spiro atoms. The van der Waals surface area contributed by atoms with Gasteiger partial charge in [0, 0.05) is 5.56 Å². The van der Waals surface area contributed by atoms with Gasteiger partial charge < -0.3 is 4.74 Å². The predicted molar refractivity (Wildman–Crippen MR) is 90.2 cm³/mol. The molecule has 0 aliphatic heterocycles. The van der Waals surface area contributed by atoms with Gasteiger partial charge in [-0.15, -0.1) is 10.2 Å². The molecule has 0 aliphatic carbocycles. The smallest absolute Gasteiger partial charge is 0.157 e. The van der Waals surface area contributed by atoms with Crippen LogP contribution in [-0.2, 0) is 6.61 Å². The second-order valence-electron chi connectivity index (χ2n) is 4.78. The van der Waals surface area contributed by atoms with Crippen molar-refractivity contribution in [1.82, 2.24) is 14.9 Å². The molecular formula is C16H11Cl2FN4O. The SMILES string of the molecule is Fc1ccccc1COc1c(Cl)cc(C=Nn2cnnc2)cc1Cl. The van der Waals surface area contributed by atoms with Gasteiger partial charge in [-0.25, -0.2) is 9.07 Å². The van der Waals surface area contributed by atoms with Crippen LogP contribution in [0.2, 0.25) is 10.0 Å². The molecule has 0 saturated carbocycles. The molecule has 0 aliphatic rings. The zero-order chi connectivity index (χ0) is 16.9. The van der Waals surface area contributed by atoms with E-state index in [1.54, 1.807) is 36.5 Å².